The molecule has 0 atom stereocenters. The van der Waals surface area contributed by atoms with E-state index in [2.05, 4.69) is 20.5 Å². The molecule has 2 N–H and O–H groups in total. The van der Waals surface area contributed by atoms with E-state index >= 15 is 0 Å². The Hall–Kier alpha value is -2.96. The lowest BCUT2D eigenvalue weighted by Crippen LogP contribution is -2.40. The number of carbonyl (C=O) groups excluding carboxylic acids is 1. The quantitative estimate of drug-likeness (QED) is 0.817. The van der Waals surface area contributed by atoms with Gasteiger partial charge in [-0.05, 0) is 43.0 Å². The SMILES string of the molecule is COc1ccc(NC(=O)NCC2CCN(c3ccccn3)CC2)cc1OC. The van der Waals surface area contributed by atoms with Crippen LogP contribution in [0.1, 0.15) is 12.8 Å². The number of aromatic nitrogens is 1. The van der Waals surface area contributed by atoms with Crippen LogP contribution in [0.15, 0.2) is 42.6 Å². The summed E-state index contributed by atoms with van der Waals surface area (Å²) in [5.41, 5.74) is 0.662. The zero-order valence-electron chi connectivity index (χ0n) is 15.8. The lowest BCUT2D eigenvalue weighted by Gasteiger charge is -2.32. The van der Waals surface area contributed by atoms with E-state index in [0.717, 1.165) is 31.7 Å². The summed E-state index contributed by atoms with van der Waals surface area (Å²) in [5, 5.41) is 5.80. The molecule has 0 spiro atoms. The Balaban J connectivity index is 1.44. The molecule has 144 valence electrons. The van der Waals surface area contributed by atoms with Crippen LogP contribution in [-0.2, 0) is 0 Å². The van der Waals surface area contributed by atoms with Crippen LogP contribution in [0.5, 0.6) is 11.5 Å². The number of nitrogens with zero attached hydrogens (tertiary/aromatic N) is 2. The number of hydrogen-bond acceptors (Lipinski definition) is 5. The maximum absolute atomic E-state index is 12.2. The maximum Gasteiger partial charge on any atom is 0.319 e. The first-order valence-corrected chi connectivity index (χ1v) is 9.12. The molecule has 1 aliphatic rings. The average molecular weight is 370 g/mol. The summed E-state index contributed by atoms with van der Waals surface area (Å²) in [6.07, 6.45) is 3.89. The minimum atomic E-state index is -0.214. The molecule has 1 aromatic carbocycles. The summed E-state index contributed by atoms with van der Waals surface area (Å²) in [6.45, 7) is 2.58. The number of nitrogens with one attached hydrogen (secondary N) is 2. The second-order valence-corrected chi connectivity index (χ2v) is 6.52. The molecule has 1 saturated heterocycles. The van der Waals surface area contributed by atoms with Crippen molar-refractivity contribution in [3.05, 3.63) is 42.6 Å². The van der Waals surface area contributed by atoms with Gasteiger partial charge in [0.25, 0.3) is 0 Å². The molecule has 0 radical (unpaired) electrons. The molecule has 2 amide bonds. The number of pyridine rings is 1. The Labute approximate surface area is 159 Å². The van der Waals surface area contributed by atoms with Crippen molar-refractivity contribution in [2.45, 2.75) is 12.8 Å². The summed E-state index contributed by atoms with van der Waals surface area (Å²) in [5.74, 6) is 2.71. The van der Waals surface area contributed by atoms with Gasteiger partial charge in [-0.15, -0.1) is 0 Å². The Morgan fingerprint density at radius 1 is 1.15 bits per heavy atom. The summed E-state index contributed by atoms with van der Waals surface area (Å²) in [4.78, 5) is 18.9. The molecule has 1 aromatic heterocycles. The van der Waals surface area contributed by atoms with Crippen molar-refractivity contribution in [3.63, 3.8) is 0 Å². The van der Waals surface area contributed by atoms with E-state index in [1.54, 1.807) is 32.4 Å². The molecule has 1 fully saturated rings. The number of anilines is 2. The van der Waals surface area contributed by atoms with Crippen LogP contribution in [-0.4, -0.2) is 44.9 Å². The number of piperidine rings is 1. The molecule has 7 nitrogen and oxygen atoms in total. The van der Waals surface area contributed by atoms with Gasteiger partial charge < -0.3 is 25.0 Å². The Bertz CT molecular complexity index is 746. The average Bonchev–Trinajstić information content (AvgIpc) is 2.73. The van der Waals surface area contributed by atoms with Crippen LogP contribution in [0.3, 0.4) is 0 Å². The molecule has 1 aliphatic heterocycles. The molecule has 0 aliphatic carbocycles. The lowest BCUT2D eigenvalue weighted by molar-refractivity contribution is 0.248. The van der Waals surface area contributed by atoms with Crippen molar-refractivity contribution in [1.82, 2.24) is 10.3 Å². The third-order valence-electron chi connectivity index (χ3n) is 4.78. The largest absolute Gasteiger partial charge is 0.493 e. The van der Waals surface area contributed by atoms with E-state index in [-0.39, 0.29) is 6.03 Å². The van der Waals surface area contributed by atoms with E-state index in [4.69, 9.17) is 9.47 Å². The van der Waals surface area contributed by atoms with E-state index in [1.165, 1.54) is 0 Å². The predicted molar refractivity (Wildman–Crippen MR) is 106 cm³/mol. The second kappa shape index (κ2) is 9.12. The first-order chi connectivity index (χ1) is 13.2. The number of rotatable bonds is 6. The van der Waals surface area contributed by atoms with Gasteiger partial charge in [0.15, 0.2) is 11.5 Å². The Morgan fingerprint density at radius 3 is 2.59 bits per heavy atom. The number of hydrogen-bond donors (Lipinski definition) is 2. The number of amides is 2. The maximum atomic E-state index is 12.2. The van der Waals surface area contributed by atoms with Crippen LogP contribution in [0, 0.1) is 5.92 Å². The van der Waals surface area contributed by atoms with E-state index in [9.17, 15) is 4.79 Å². The molecular weight excluding hydrogens is 344 g/mol. The standard InChI is InChI=1S/C20H26N4O3/c1-26-17-7-6-16(13-18(17)27-2)23-20(25)22-14-15-8-11-24(12-9-15)19-5-3-4-10-21-19/h3-7,10,13,15H,8-9,11-12,14H2,1-2H3,(H2,22,23,25). The van der Waals surface area contributed by atoms with Crippen molar-refractivity contribution >= 4 is 17.5 Å². The lowest BCUT2D eigenvalue weighted by atomic mass is 9.97. The van der Waals surface area contributed by atoms with Gasteiger partial charge in [-0.2, -0.15) is 0 Å². The van der Waals surface area contributed by atoms with Crippen molar-refractivity contribution < 1.29 is 14.3 Å². The summed E-state index contributed by atoms with van der Waals surface area (Å²) in [7, 11) is 3.15. The molecule has 3 rings (SSSR count). The Kier molecular flexibility index (Phi) is 6.35. The van der Waals surface area contributed by atoms with Crippen LogP contribution in [0.4, 0.5) is 16.3 Å². The van der Waals surface area contributed by atoms with Gasteiger partial charge in [0, 0.05) is 37.6 Å². The van der Waals surface area contributed by atoms with Gasteiger partial charge in [0.1, 0.15) is 5.82 Å². The van der Waals surface area contributed by atoms with Crippen molar-refractivity contribution in [1.29, 1.82) is 0 Å². The fourth-order valence-electron chi connectivity index (χ4n) is 3.23. The van der Waals surface area contributed by atoms with Crippen LogP contribution in [0.25, 0.3) is 0 Å². The van der Waals surface area contributed by atoms with Crippen molar-refractivity contribution in [2.75, 3.05) is 44.1 Å². The molecular formula is C20H26N4O3. The zero-order valence-corrected chi connectivity index (χ0v) is 15.8. The number of ether oxygens (including phenoxy) is 2. The third-order valence-corrected chi connectivity index (χ3v) is 4.78. The highest BCUT2D eigenvalue weighted by atomic mass is 16.5. The van der Waals surface area contributed by atoms with E-state index < -0.39 is 0 Å². The zero-order chi connectivity index (χ0) is 19.1. The first-order valence-electron chi connectivity index (χ1n) is 9.12. The van der Waals surface area contributed by atoms with Crippen LogP contribution < -0.4 is 25.0 Å². The smallest absolute Gasteiger partial charge is 0.319 e. The third kappa shape index (κ3) is 5.03. The molecule has 0 unspecified atom stereocenters. The summed E-state index contributed by atoms with van der Waals surface area (Å²) >= 11 is 0. The Morgan fingerprint density at radius 2 is 1.93 bits per heavy atom. The summed E-state index contributed by atoms with van der Waals surface area (Å²) < 4.78 is 10.5. The number of methoxy groups -OCH3 is 2. The normalized spacial score (nSPS) is 14.5. The minimum absolute atomic E-state index is 0.214. The molecule has 2 heterocycles. The molecule has 27 heavy (non-hydrogen) atoms. The van der Waals surface area contributed by atoms with Gasteiger partial charge in [0.05, 0.1) is 14.2 Å². The van der Waals surface area contributed by atoms with Crippen molar-refractivity contribution in [3.8, 4) is 11.5 Å². The molecule has 7 heteroatoms. The van der Waals surface area contributed by atoms with E-state index in [1.807, 2.05) is 24.4 Å². The molecule has 0 saturated carbocycles. The molecule has 0 bridgehead atoms. The van der Waals surface area contributed by atoms with Crippen molar-refractivity contribution in [2.24, 2.45) is 5.92 Å². The monoisotopic (exact) mass is 370 g/mol. The second-order valence-electron chi connectivity index (χ2n) is 6.52. The molecule has 2 aromatic rings. The van der Waals surface area contributed by atoms with Crippen LogP contribution >= 0.6 is 0 Å². The summed E-state index contributed by atoms with van der Waals surface area (Å²) in [6, 6.07) is 11.0. The number of benzene rings is 1. The van der Waals surface area contributed by atoms with Gasteiger partial charge in [-0.25, -0.2) is 9.78 Å². The first kappa shape index (κ1) is 18.8. The fourth-order valence-corrected chi connectivity index (χ4v) is 3.23. The van der Waals surface area contributed by atoms with Gasteiger partial charge in [-0.1, -0.05) is 6.07 Å². The number of carbonyl (C=O) groups is 1. The highest BCUT2D eigenvalue weighted by Crippen LogP contribution is 2.29. The minimum Gasteiger partial charge on any atom is -0.493 e. The topological polar surface area (TPSA) is 75.7 Å². The van der Waals surface area contributed by atoms with Crippen LogP contribution in [0.2, 0.25) is 0 Å². The fraction of sp³-hybridized carbons (Fsp3) is 0.400. The van der Waals surface area contributed by atoms with Gasteiger partial charge in [-0.3, -0.25) is 0 Å². The predicted octanol–water partition coefficient (Wildman–Crippen LogP) is 3.14. The van der Waals surface area contributed by atoms with E-state index in [0.29, 0.717) is 29.6 Å². The van der Waals surface area contributed by atoms with Gasteiger partial charge >= 0.3 is 6.03 Å². The highest BCUT2D eigenvalue weighted by Gasteiger charge is 2.20. The van der Waals surface area contributed by atoms with Gasteiger partial charge in [0.2, 0.25) is 0 Å². The highest BCUT2D eigenvalue weighted by molar-refractivity contribution is 5.89. The number of urea groups is 1.